The zero-order valence-electron chi connectivity index (χ0n) is 8.16. The smallest absolute Gasteiger partial charge is 0.112 e. The fourth-order valence-corrected chi connectivity index (χ4v) is 2.15. The molecule has 3 nitrogen and oxygen atoms in total. The van der Waals surface area contributed by atoms with Crippen LogP contribution in [0.15, 0.2) is 0 Å². The first kappa shape index (κ1) is 11.2. The number of hydrogen-bond acceptors (Lipinski definition) is 3. The summed E-state index contributed by atoms with van der Waals surface area (Å²) in [5, 5.41) is 3.39. The van der Waals surface area contributed by atoms with Gasteiger partial charge in [0.1, 0.15) is 6.23 Å². The average molecular weight is 207 g/mol. The molecule has 0 aromatic rings. The lowest BCUT2D eigenvalue weighted by Gasteiger charge is -2.18. The predicted octanol–water partition coefficient (Wildman–Crippen LogP) is 0.696. The quantitative estimate of drug-likeness (QED) is 0.720. The highest BCUT2D eigenvalue weighted by atomic mass is 35.5. The van der Waals surface area contributed by atoms with E-state index in [0.717, 1.165) is 19.1 Å². The van der Waals surface area contributed by atoms with Gasteiger partial charge in [0.15, 0.2) is 0 Å². The normalized spacial score (nSPS) is 34.8. The van der Waals surface area contributed by atoms with Crippen LogP contribution in [0.25, 0.3) is 0 Å². The summed E-state index contributed by atoms with van der Waals surface area (Å²) in [6.07, 6.45) is 1.65. The summed E-state index contributed by atoms with van der Waals surface area (Å²) in [5.41, 5.74) is 0. The standard InChI is InChI=1S/C9H18N2O.ClH/c1-2-11-5-3-8(7-11)9-10-4-6-12-9;/h8-10H,2-7H2,1H3;1H. The summed E-state index contributed by atoms with van der Waals surface area (Å²) in [7, 11) is 0. The molecule has 0 spiro atoms. The largest absolute Gasteiger partial charge is 0.362 e. The summed E-state index contributed by atoms with van der Waals surface area (Å²) < 4.78 is 5.59. The molecule has 1 N–H and O–H groups in total. The van der Waals surface area contributed by atoms with Crippen molar-refractivity contribution in [2.45, 2.75) is 19.6 Å². The molecular formula is C9H19ClN2O. The number of nitrogens with zero attached hydrogens (tertiary/aromatic N) is 1. The molecule has 0 aromatic carbocycles. The highest BCUT2D eigenvalue weighted by Crippen LogP contribution is 2.21. The van der Waals surface area contributed by atoms with E-state index in [0.29, 0.717) is 6.23 Å². The number of ether oxygens (including phenoxy) is 1. The molecule has 13 heavy (non-hydrogen) atoms. The molecule has 2 fully saturated rings. The van der Waals surface area contributed by atoms with Crippen molar-refractivity contribution in [3.8, 4) is 0 Å². The topological polar surface area (TPSA) is 24.5 Å². The molecule has 78 valence electrons. The van der Waals surface area contributed by atoms with Gasteiger partial charge in [0.05, 0.1) is 6.61 Å². The van der Waals surface area contributed by atoms with Crippen molar-refractivity contribution in [1.82, 2.24) is 10.2 Å². The van der Waals surface area contributed by atoms with E-state index in [9.17, 15) is 0 Å². The van der Waals surface area contributed by atoms with Crippen molar-refractivity contribution in [3.63, 3.8) is 0 Å². The van der Waals surface area contributed by atoms with E-state index in [1.807, 2.05) is 0 Å². The first-order valence-electron chi connectivity index (χ1n) is 4.97. The van der Waals surface area contributed by atoms with Gasteiger partial charge in [-0.15, -0.1) is 12.4 Å². The Hall–Kier alpha value is 0.170. The summed E-state index contributed by atoms with van der Waals surface area (Å²) in [5.74, 6) is 0.729. The van der Waals surface area contributed by atoms with Crippen LogP contribution in [0.3, 0.4) is 0 Å². The maximum atomic E-state index is 5.59. The Balaban J connectivity index is 0.000000845. The molecular weight excluding hydrogens is 188 g/mol. The van der Waals surface area contributed by atoms with Crippen LogP contribution in [0.5, 0.6) is 0 Å². The molecule has 0 amide bonds. The van der Waals surface area contributed by atoms with Crippen LogP contribution in [0, 0.1) is 5.92 Å². The van der Waals surface area contributed by atoms with E-state index in [1.165, 1.54) is 26.1 Å². The van der Waals surface area contributed by atoms with Gasteiger partial charge < -0.3 is 9.64 Å². The lowest BCUT2D eigenvalue weighted by atomic mass is 10.1. The molecule has 0 aliphatic carbocycles. The van der Waals surface area contributed by atoms with Gasteiger partial charge in [0.2, 0.25) is 0 Å². The van der Waals surface area contributed by atoms with Crippen LogP contribution >= 0.6 is 12.4 Å². The summed E-state index contributed by atoms with van der Waals surface area (Å²) in [4.78, 5) is 2.49. The van der Waals surface area contributed by atoms with Crippen molar-refractivity contribution in [2.24, 2.45) is 5.92 Å². The number of nitrogens with one attached hydrogen (secondary N) is 1. The molecule has 4 heteroatoms. The second-order valence-electron chi connectivity index (χ2n) is 3.69. The minimum Gasteiger partial charge on any atom is -0.362 e. The highest BCUT2D eigenvalue weighted by molar-refractivity contribution is 5.85. The maximum Gasteiger partial charge on any atom is 0.112 e. The number of halogens is 1. The Morgan fingerprint density at radius 2 is 2.38 bits per heavy atom. The lowest BCUT2D eigenvalue weighted by Crippen LogP contribution is -2.33. The minimum atomic E-state index is 0. The predicted molar refractivity (Wildman–Crippen MR) is 55.2 cm³/mol. The van der Waals surface area contributed by atoms with Gasteiger partial charge in [-0.3, -0.25) is 5.32 Å². The fourth-order valence-electron chi connectivity index (χ4n) is 2.15. The van der Waals surface area contributed by atoms with E-state index in [-0.39, 0.29) is 12.4 Å². The van der Waals surface area contributed by atoms with Crippen molar-refractivity contribution >= 4 is 12.4 Å². The van der Waals surface area contributed by atoms with Gasteiger partial charge in [0, 0.05) is 19.0 Å². The van der Waals surface area contributed by atoms with Gasteiger partial charge in [-0.2, -0.15) is 0 Å². The van der Waals surface area contributed by atoms with Gasteiger partial charge in [-0.25, -0.2) is 0 Å². The molecule has 2 rings (SSSR count). The van der Waals surface area contributed by atoms with Crippen molar-refractivity contribution in [2.75, 3.05) is 32.8 Å². The summed E-state index contributed by atoms with van der Waals surface area (Å²) in [6, 6.07) is 0. The lowest BCUT2D eigenvalue weighted by molar-refractivity contribution is 0.0551. The fraction of sp³-hybridized carbons (Fsp3) is 1.00. The van der Waals surface area contributed by atoms with E-state index < -0.39 is 0 Å². The number of likely N-dealkylation sites (tertiary alicyclic amines) is 1. The third-order valence-electron chi connectivity index (χ3n) is 2.93. The molecule has 2 saturated heterocycles. The first-order chi connectivity index (χ1) is 5.90. The second-order valence-corrected chi connectivity index (χ2v) is 3.69. The van der Waals surface area contributed by atoms with E-state index in [2.05, 4.69) is 17.1 Å². The SMILES string of the molecule is CCN1CCC(C2NCCO2)C1.Cl. The Morgan fingerprint density at radius 1 is 1.54 bits per heavy atom. The minimum absolute atomic E-state index is 0. The highest BCUT2D eigenvalue weighted by Gasteiger charge is 2.30. The van der Waals surface area contributed by atoms with Crippen LogP contribution in [-0.2, 0) is 4.74 Å². The van der Waals surface area contributed by atoms with Gasteiger partial charge in [0.25, 0.3) is 0 Å². The third-order valence-corrected chi connectivity index (χ3v) is 2.93. The first-order valence-corrected chi connectivity index (χ1v) is 4.97. The number of rotatable bonds is 2. The Morgan fingerprint density at radius 3 is 2.92 bits per heavy atom. The average Bonchev–Trinajstić information content (AvgIpc) is 2.75. The van der Waals surface area contributed by atoms with E-state index in [4.69, 9.17) is 4.74 Å². The van der Waals surface area contributed by atoms with Crippen LogP contribution < -0.4 is 5.32 Å². The molecule has 2 aliphatic rings. The molecule has 0 aromatic heterocycles. The molecule has 2 aliphatic heterocycles. The number of hydrogen-bond donors (Lipinski definition) is 1. The molecule has 0 saturated carbocycles. The summed E-state index contributed by atoms with van der Waals surface area (Å²) >= 11 is 0. The maximum absolute atomic E-state index is 5.59. The monoisotopic (exact) mass is 206 g/mol. The Kier molecular flexibility index (Phi) is 4.46. The van der Waals surface area contributed by atoms with Crippen LogP contribution in [0.2, 0.25) is 0 Å². The Bertz CT molecular complexity index is 151. The van der Waals surface area contributed by atoms with Crippen molar-refractivity contribution in [1.29, 1.82) is 0 Å². The van der Waals surface area contributed by atoms with Crippen molar-refractivity contribution in [3.05, 3.63) is 0 Å². The van der Waals surface area contributed by atoms with Gasteiger partial charge in [-0.05, 0) is 19.5 Å². The second kappa shape index (κ2) is 5.15. The molecule has 0 radical (unpaired) electrons. The molecule has 2 unspecified atom stereocenters. The van der Waals surface area contributed by atoms with Crippen molar-refractivity contribution < 1.29 is 4.74 Å². The van der Waals surface area contributed by atoms with Gasteiger partial charge >= 0.3 is 0 Å². The Labute approximate surface area is 86.2 Å². The zero-order chi connectivity index (χ0) is 8.39. The third kappa shape index (κ3) is 2.56. The van der Waals surface area contributed by atoms with Gasteiger partial charge in [-0.1, -0.05) is 6.92 Å². The van der Waals surface area contributed by atoms with Crippen LogP contribution in [-0.4, -0.2) is 43.9 Å². The zero-order valence-corrected chi connectivity index (χ0v) is 8.98. The van der Waals surface area contributed by atoms with E-state index in [1.54, 1.807) is 0 Å². The van der Waals surface area contributed by atoms with E-state index >= 15 is 0 Å². The summed E-state index contributed by atoms with van der Waals surface area (Å²) in [6.45, 7) is 7.81. The molecule has 2 heterocycles. The molecule has 2 atom stereocenters. The van der Waals surface area contributed by atoms with Crippen LogP contribution in [0.4, 0.5) is 0 Å². The molecule has 0 bridgehead atoms. The van der Waals surface area contributed by atoms with Crippen LogP contribution in [0.1, 0.15) is 13.3 Å².